The second-order valence-electron chi connectivity index (χ2n) is 4.72. The number of benzene rings is 2. The summed E-state index contributed by atoms with van der Waals surface area (Å²) in [7, 11) is 0. The average Bonchev–Trinajstić information content (AvgIpc) is 2.43. The molecule has 0 saturated heterocycles. The summed E-state index contributed by atoms with van der Waals surface area (Å²) in [5, 5.41) is 21.7. The molecule has 7 heteroatoms. The van der Waals surface area contributed by atoms with Crippen molar-refractivity contribution in [2.24, 2.45) is 0 Å². The lowest BCUT2D eigenvalue weighted by molar-refractivity contribution is -0.384. The minimum atomic E-state index is -1.13. The molecule has 0 heterocycles. The Hall–Kier alpha value is -3.09. The third kappa shape index (κ3) is 3.51. The molecule has 0 saturated carbocycles. The number of nitro benzene ring substituents is 1. The van der Waals surface area contributed by atoms with Crippen LogP contribution in [0.15, 0.2) is 36.4 Å². The largest absolute Gasteiger partial charge is 0.465 e. The molecule has 0 unspecified atom stereocenters. The molecule has 0 aliphatic rings. The van der Waals surface area contributed by atoms with Gasteiger partial charge >= 0.3 is 6.09 Å². The zero-order valence-corrected chi connectivity index (χ0v) is 12.0. The number of amides is 1. The van der Waals surface area contributed by atoms with Crippen LogP contribution in [-0.2, 0) is 0 Å². The van der Waals surface area contributed by atoms with Gasteiger partial charge < -0.3 is 9.84 Å². The van der Waals surface area contributed by atoms with Gasteiger partial charge in [0.2, 0.25) is 0 Å². The average molecular weight is 302 g/mol. The standard InChI is InChI=1S/C15H14N2O5/c1-9-7-13(8-10(2)14(9)16-15(18)19)22-12-5-3-11(4-6-12)17(20)21/h3-8,16H,1-2H3,(H,18,19). The number of non-ortho nitro benzene ring substituents is 1. The summed E-state index contributed by atoms with van der Waals surface area (Å²) in [5.41, 5.74) is 1.95. The number of anilines is 1. The summed E-state index contributed by atoms with van der Waals surface area (Å²) < 4.78 is 5.64. The maximum atomic E-state index is 10.7. The molecule has 0 aliphatic heterocycles. The highest BCUT2D eigenvalue weighted by Crippen LogP contribution is 2.30. The second kappa shape index (κ2) is 6.13. The topological polar surface area (TPSA) is 102 Å². The lowest BCUT2D eigenvalue weighted by Crippen LogP contribution is -2.10. The van der Waals surface area contributed by atoms with E-state index in [1.165, 1.54) is 24.3 Å². The van der Waals surface area contributed by atoms with Gasteiger partial charge in [0.15, 0.2) is 0 Å². The van der Waals surface area contributed by atoms with Crippen molar-refractivity contribution < 1.29 is 19.6 Å². The third-order valence-electron chi connectivity index (χ3n) is 3.02. The van der Waals surface area contributed by atoms with E-state index in [-0.39, 0.29) is 5.69 Å². The lowest BCUT2D eigenvalue weighted by atomic mass is 10.1. The fourth-order valence-electron chi connectivity index (χ4n) is 2.06. The molecular weight excluding hydrogens is 288 g/mol. The van der Waals surface area contributed by atoms with Gasteiger partial charge in [-0.3, -0.25) is 15.4 Å². The minimum absolute atomic E-state index is 0.0132. The first kappa shape index (κ1) is 15.3. The summed E-state index contributed by atoms with van der Waals surface area (Å²) in [6.45, 7) is 3.53. The number of aryl methyl sites for hydroxylation is 2. The molecule has 2 N–H and O–H groups in total. The van der Waals surface area contributed by atoms with Gasteiger partial charge in [-0.1, -0.05) is 0 Å². The van der Waals surface area contributed by atoms with Gasteiger partial charge in [-0.15, -0.1) is 0 Å². The molecule has 0 radical (unpaired) electrons. The predicted molar refractivity (Wildman–Crippen MR) is 80.7 cm³/mol. The SMILES string of the molecule is Cc1cc(Oc2ccc([N+](=O)[O-])cc2)cc(C)c1NC(=O)O. The smallest absolute Gasteiger partial charge is 0.409 e. The Balaban J connectivity index is 2.23. The van der Waals surface area contributed by atoms with E-state index in [2.05, 4.69) is 5.32 Å². The monoisotopic (exact) mass is 302 g/mol. The Bertz CT molecular complexity index is 702. The first-order valence-corrected chi connectivity index (χ1v) is 6.40. The summed E-state index contributed by atoms with van der Waals surface area (Å²) in [6, 6.07) is 9.11. The quantitative estimate of drug-likeness (QED) is 0.654. The molecule has 0 aromatic heterocycles. The van der Waals surface area contributed by atoms with Crippen molar-refractivity contribution in [3.63, 3.8) is 0 Å². The molecule has 0 spiro atoms. The van der Waals surface area contributed by atoms with Gasteiger partial charge in [-0.05, 0) is 49.2 Å². The van der Waals surface area contributed by atoms with Crippen molar-refractivity contribution in [3.05, 3.63) is 57.6 Å². The molecule has 2 aromatic carbocycles. The number of nitrogens with one attached hydrogen (secondary N) is 1. The highest BCUT2D eigenvalue weighted by molar-refractivity contribution is 5.85. The van der Waals surface area contributed by atoms with Gasteiger partial charge in [0, 0.05) is 12.1 Å². The van der Waals surface area contributed by atoms with Crippen LogP contribution >= 0.6 is 0 Å². The van der Waals surface area contributed by atoms with Gasteiger partial charge in [-0.25, -0.2) is 4.79 Å². The summed E-state index contributed by atoms with van der Waals surface area (Å²) >= 11 is 0. The van der Waals surface area contributed by atoms with Gasteiger partial charge in [0.25, 0.3) is 5.69 Å². The molecule has 114 valence electrons. The van der Waals surface area contributed by atoms with Crippen molar-refractivity contribution in [2.45, 2.75) is 13.8 Å². The van der Waals surface area contributed by atoms with E-state index in [9.17, 15) is 14.9 Å². The van der Waals surface area contributed by atoms with Crippen LogP contribution in [0.4, 0.5) is 16.2 Å². The van der Waals surface area contributed by atoms with Crippen LogP contribution in [0.5, 0.6) is 11.5 Å². The molecule has 0 atom stereocenters. The predicted octanol–water partition coefficient (Wildman–Crippen LogP) is 4.09. The maximum Gasteiger partial charge on any atom is 0.409 e. The van der Waals surface area contributed by atoms with E-state index in [1.54, 1.807) is 26.0 Å². The highest BCUT2D eigenvalue weighted by Gasteiger charge is 2.10. The van der Waals surface area contributed by atoms with Gasteiger partial charge in [-0.2, -0.15) is 0 Å². The van der Waals surface area contributed by atoms with Crippen LogP contribution < -0.4 is 10.1 Å². The van der Waals surface area contributed by atoms with E-state index < -0.39 is 11.0 Å². The van der Waals surface area contributed by atoms with Crippen LogP contribution in [0, 0.1) is 24.0 Å². The molecule has 2 aromatic rings. The Morgan fingerprint density at radius 1 is 1.14 bits per heavy atom. The number of rotatable bonds is 4. The van der Waals surface area contributed by atoms with Crippen LogP contribution in [0.1, 0.15) is 11.1 Å². The van der Waals surface area contributed by atoms with Crippen molar-refractivity contribution in [3.8, 4) is 11.5 Å². The number of carbonyl (C=O) groups is 1. The first-order valence-electron chi connectivity index (χ1n) is 6.40. The second-order valence-corrected chi connectivity index (χ2v) is 4.72. The summed E-state index contributed by atoms with van der Waals surface area (Å²) in [4.78, 5) is 20.9. The van der Waals surface area contributed by atoms with Crippen molar-refractivity contribution in [2.75, 3.05) is 5.32 Å². The van der Waals surface area contributed by atoms with E-state index >= 15 is 0 Å². The van der Waals surface area contributed by atoms with Crippen LogP contribution in [-0.4, -0.2) is 16.1 Å². The van der Waals surface area contributed by atoms with Crippen LogP contribution in [0.2, 0.25) is 0 Å². The van der Waals surface area contributed by atoms with E-state index in [1.807, 2.05) is 0 Å². The molecule has 7 nitrogen and oxygen atoms in total. The Labute approximate surface area is 126 Å². The fraction of sp³-hybridized carbons (Fsp3) is 0.133. The van der Waals surface area contributed by atoms with E-state index in [0.29, 0.717) is 17.2 Å². The molecule has 0 fully saturated rings. The van der Waals surface area contributed by atoms with E-state index in [0.717, 1.165) is 11.1 Å². The number of hydrogen-bond acceptors (Lipinski definition) is 4. The van der Waals surface area contributed by atoms with Crippen LogP contribution in [0.3, 0.4) is 0 Å². The molecular formula is C15H14N2O5. The van der Waals surface area contributed by atoms with Crippen molar-refractivity contribution >= 4 is 17.5 Å². The molecule has 22 heavy (non-hydrogen) atoms. The number of nitro groups is 1. The minimum Gasteiger partial charge on any atom is -0.465 e. The number of ether oxygens (including phenoxy) is 1. The normalized spacial score (nSPS) is 10.1. The van der Waals surface area contributed by atoms with Gasteiger partial charge in [0.1, 0.15) is 11.5 Å². The summed E-state index contributed by atoms with van der Waals surface area (Å²) in [6.07, 6.45) is -1.13. The fourth-order valence-corrected chi connectivity index (χ4v) is 2.06. The Morgan fingerprint density at radius 2 is 1.68 bits per heavy atom. The highest BCUT2D eigenvalue weighted by atomic mass is 16.6. The number of hydrogen-bond donors (Lipinski definition) is 2. The zero-order valence-electron chi connectivity index (χ0n) is 12.0. The summed E-state index contributed by atoms with van der Waals surface area (Å²) in [5.74, 6) is 0.989. The number of carboxylic acid groups (broad SMARTS) is 1. The molecule has 0 bridgehead atoms. The Morgan fingerprint density at radius 3 is 2.14 bits per heavy atom. The lowest BCUT2D eigenvalue weighted by Gasteiger charge is -2.13. The molecule has 2 rings (SSSR count). The first-order chi connectivity index (χ1) is 10.4. The third-order valence-corrected chi connectivity index (χ3v) is 3.02. The van der Waals surface area contributed by atoms with E-state index in [4.69, 9.17) is 9.84 Å². The maximum absolute atomic E-state index is 10.7. The molecule has 0 aliphatic carbocycles. The number of nitrogens with zero attached hydrogens (tertiary/aromatic N) is 1. The molecule has 1 amide bonds. The van der Waals surface area contributed by atoms with Gasteiger partial charge in [0.05, 0.1) is 10.6 Å². The van der Waals surface area contributed by atoms with Crippen molar-refractivity contribution in [1.82, 2.24) is 0 Å². The van der Waals surface area contributed by atoms with Crippen molar-refractivity contribution in [1.29, 1.82) is 0 Å². The van der Waals surface area contributed by atoms with Crippen LogP contribution in [0.25, 0.3) is 0 Å². The zero-order chi connectivity index (χ0) is 16.3. The Kier molecular flexibility index (Phi) is 4.26.